The third-order valence-electron chi connectivity index (χ3n) is 4.55. The lowest BCUT2D eigenvalue weighted by atomic mass is 10.1. The average molecular weight is 374 g/mol. The first-order chi connectivity index (χ1) is 12.9. The van der Waals surface area contributed by atoms with Crippen LogP contribution in [-0.2, 0) is 17.8 Å². The molecule has 0 aliphatic carbocycles. The Morgan fingerprint density at radius 1 is 1.07 bits per heavy atom. The van der Waals surface area contributed by atoms with Crippen molar-refractivity contribution >= 4 is 5.91 Å². The van der Waals surface area contributed by atoms with E-state index in [-0.39, 0.29) is 24.3 Å². The number of morpholine rings is 1. The number of hydrogen-bond donors (Lipinski definition) is 1. The van der Waals surface area contributed by atoms with Crippen molar-refractivity contribution < 1.29 is 18.3 Å². The molecule has 144 valence electrons. The van der Waals surface area contributed by atoms with Gasteiger partial charge in [-0.25, -0.2) is 8.78 Å². The molecule has 3 rings (SSSR count). The summed E-state index contributed by atoms with van der Waals surface area (Å²) >= 11 is 0. The average Bonchev–Trinajstić information content (AvgIpc) is 2.60. The molecule has 2 aromatic rings. The molecule has 4 nitrogen and oxygen atoms in total. The van der Waals surface area contributed by atoms with Crippen LogP contribution in [0.2, 0.25) is 0 Å². The number of amides is 1. The monoisotopic (exact) mass is 374 g/mol. The standard InChI is InChI=1S/C21H24F2N2O2/c1-14-11-25(12-15(2)27-14)13-17-5-3-16(4-6-17)10-24-21(26)19-8-7-18(22)9-20(19)23/h3-9,14-15H,10-13H2,1-2H3,(H,24,26). The van der Waals surface area contributed by atoms with E-state index in [9.17, 15) is 13.6 Å². The molecule has 27 heavy (non-hydrogen) atoms. The van der Waals surface area contributed by atoms with Crippen molar-refractivity contribution in [1.82, 2.24) is 10.2 Å². The molecule has 2 atom stereocenters. The van der Waals surface area contributed by atoms with Crippen molar-refractivity contribution in [3.05, 3.63) is 70.8 Å². The van der Waals surface area contributed by atoms with Crippen molar-refractivity contribution in [2.75, 3.05) is 13.1 Å². The van der Waals surface area contributed by atoms with Crippen molar-refractivity contribution in [3.8, 4) is 0 Å². The zero-order valence-electron chi connectivity index (χ0n) is 15.5. The van der Waals surface area contributed by atoms with Gasteiger partial charge in [-0.15, -0.1) is 0 Å². The van der Waals surface area contributed by atoms with E-state index in [0.29, 0.717) is 6.07 Å². The number of rotatable bonds is 5. The van der Waals surface area contributed by atoms with Crippen LogP contribution in [-0.4, -0.2) is 36.1 Å². The third kappa shape index (κ3) is 5.34. The molecule has 1 N–H and O–H groups in total. The molecule has 0 saturated carbocycles. The van der Waals surface area contributed by atoms with Gasteiger partial charge in [0.2, 0.25) is 0 Å². The summed E-state index contributed by atoms with van der Waals surface area (Å²) in [6.07, 6.45) is 0.463. The Labute approximate surface area is 158 Å². The largest absolute Gasteiger partial charge is 0.373 e. The van der Waals surface area contributed by atoms with Crippen molar-refractivity contribution in [3.63, 3.8) is 0 Å². The molecule has 0 radical (unpaired) electrons. The maximum atomic E-state index is 13.6. The van der Waals surface area contributed by atoms with Crippen molar-refractivity contribution in [1.29, 1.82) is 0 Å². The molecule has 2 aromatic carbocycles. The van der Waals surface area contributed by atoms with Gasteiger partial charge in [0.25, 0.3) is 5.91 Å². The Morgan fingerprint density at radius 3 is 2.33 bits per heavy atom. The molecule has 1 aliphatic rings. The number of carbonyl (C=O) groups excluding carboxylic acids is 1. The summed E-state index contributed by atoms with van der Waals surface area (Å²) in [5, 5.41) is 2.66. The van der Waals surface area contributed by atoms with E-state index in [2.05, 4.69) is 24.1 Å². The van der Waals surface area contributed by atoms with Gasteiger partial charge < -0.3 is 10.1 Å². The highest BCUT2D eigenvalue weighted by Crippen LogP contribution is 2.15. The second-order valence-corrected chi connectivity index (χ2v) is 7.07. The van der Waals surface area contributed by atoms with Gasteiger partial charge in [-0.3, -0.25) is 9.69 Å². The predicted octanol–water partition coefficient (Wildman–Crippen LogP) is 3.50. The van der Waals surface area contributed by atoms with E-state index in [4.69, 9.17) is 4.74 Å². The zero-order chi connectivity index (χ0) is 19.4. The van der Waals surface area contributed by atoms with E-state index in [1.165, 1.54) is 5.56 Å². The normalized spacial score (nSPS) is 20.4. The lowest BCUT2D eigenvalue weighted by molar-refractivity contribution is -0.0704. The van der Waals surface area contributed by atoms with Gasteiger partial charge in [-0.1, -0.05) is 24.3 Å². The highest BCUT2D eigenvalue weighted by Gasteiger charge is 2.22. The first-order valence-corrected chi connectivity index (χ1v) is 9.09. The van der Waals surface area contributed by atoms with Gasteiger partial charge in [0.15, 0.2) is 0 Å². The summed E-state index contributed by atoms with van der Waals surface area (Å²) in [6.45, 7) is 7.11. The number of halogens is 2. The Bertz CT molecular complexity index is 785. The van der Waals surface area contributed by atoms with E-state index < -0.39 is 17.5 Å². The summed E-state index contributed by atoms with van der Waals surface area (Å²) in [4.78, 5) is 14.4. The molecule has 6 heteroatoms. The van der Waals surface area contributed by atoms with Crippen LogP contribution in [0.4, 0.5) is 8.78 Å². The molecule has 2 unspecified atom stereocenters. The summed E-state index contributed by atoms with van der Waals surface area (Å²) in [6, 6.07) is 10.9. The molecule has 0 aromatic heterocycles. The summed E-state index contributed by atoms with van der Waals surface area (Å²) in [7, 11) is 0. The first kappa shape index (κ1) is 19.5. The molecule has 0 spiro atoms. The summed E-state index contributed by atoms with van der Waals surface area (Å²) in [5.41, 5.74) is 1.94. The molecule has 1 amide bonds. The Morgan fingerprint density at radius 2 is 1.70 bits per heavy atom. The summed E-state index contributed by atoms with van der Waals surface area (Å²) in [5.74, 6) is -2.13. The van der Waals surface area contributed by atoms with Crippen LogP contribution in [0.3, 0.4) is 0 Å². The quantitative estimate of drug-likeness (QED) is 0.871. The van der Waals surface area contributed by atoms with Crippen LogP contribution in [0.25, 0.3) is 0 Å². The van der Waals surface area contributed by atoms with Crippen LogP contribution in [0.5, 0.6) is 0 Å². The van der Waals surface area contributed by atoms with Crippen molar-refractivity contribution in [2.24, 2.45) is 0 Å². The zero-order valence-corrected chi connectivity index (χ0v) is 15.5. The Hall–Kier alpha value is -2.31. The minimum Gasteiger partial charge on any atom is -0.373 e. The second kappa shape index (κ2) is 8.59. The van der Waals surface area contributed by atoms with E-state index in [1.54, 1.807) is 0 Å². The van der Waals surface area contributed by atoms with Crippen LogP contribution in [0, 0.1) is 11.6 Å². The molecule has 0 bridgehead atoms. The van der Waals surface area contributed by atoms with Crippen LogP contribution in [0.1, 0.15) is 35.3 Å². The smallest absolute Gasteiger partial charge is 0.254 e. The minimum absolute atomic E-state index is 0.163. The second-order valence-electron chi connectivity index (χ2n) is 7.07. The van der Waals surface area contributed by atoms with Crippen LogP contribution < -0.4 is 5.32 Å². The van der Waals surface area contributed by atoms with E-state index in [1.807, 2.05) is 24.3 Å². The van der Waals surface area contributed by atoms with Gasteiger partial charge in [-0.05, 0) is 37.1 Å². The number of benzene rings is 2. The van der Waals surface area contributed by atoms with E-state index in [0.717, 1.165) is 37.3 Å². The fraction of sp³-hybridized carbons (Fsp3) is 0.381. The Kier molecular flexibility index (Phi) is 6.19. The Balaban J connectivity index is 1.54. The molecular formula is C21H24F2N2O2. The van der Waals surface area contributed by atoms with Crippen LogP contribution in [0.15, 0.2) is 42.5 Å². The molecule has 1 heterocycles. The number of hydrogen-bond acceptors (Lipinski definition) is 3. The number of carbonyl (C=O) groups is 1. The maximum absolute atomic E-state index is 13.6. The highest BCUT2D eigenvalue weighted by molar-refractivity contribution is 5.94. The van der Waals surface area contributed by atoms with Gasteiger partial charge in [0.1, 0.15) is 11.6 Å². The lowest BCUT2D eigenvalue weighted by Crippen LogP contribution is -2.44. The van der Waals surface area contributed by atoms with Crippen LogP contribution >= 0.6 is 0 Å². The summed E-state index contributed by atoms with van der Waals surface area (Å²) < 4.78 is 32.3. The highest BCUT2D eigenvalue weighted by atomic mass is 19.1. The third-order valence-corrected chi connectivity index (χ3v) is 4.55. The topological polar surface area (TPSA) is 41.6 Å². The van der Waals surface area contributed by atoms with Gasteiger partial charge in [0, 0.05) is 32.2 Å². The lowest BCUT2D eigenvalue weighted by Gasteiger charge is -2.35. The fourth-order valence-electron chi connectivity index (χ4n) is 3.39. The number of ether oxygens (including phenoxy) is 1. The van der Waals surface area contributed by atoms with E-state index >= 15 is 0 Å². The molecule has 1 saturated heterocycles. The van der Waals surface area contributed by atoms with Gasteiger partial charge >= 0.3 is 0 Å². The van der Waals surface area contributed by atoms with Gasteiger partial charge in [0.05, 0.1) is 17.8 Å². The minimum atomic E-state index is -0.864. The first-order valence-electron chi connectivity index (χ1n) is 9.09. The van der Waals surface area contributed by atoms with Crippen molar-refractivity contribution in [2.45, 2.75) is 39.1 Å². The molecule has 1 fully saturated rings. The SMILES string of the molecule is CC1CN(Cc2ccc(CNC(=O)c3ccc(F)cc3F)cc2)CC(C)O1. The maximum Gasteiger partial charge on any atom is 0.254 e. The fourth-order valence-corrected chi connectivity index (χ4v) is 3.39. The number of nitrogens with one attached hydrogen (secondary N) is 1. The number of nitrogens with zero attached hydrogens (tertiary/aromatic N) is 1. The molecule has 1 aliphatic heterocycles. The predicted molar refractivity (Wildman–Crippen MR) is 99.3 cm³/mol. The molecular weight excluding hydrogens is 350 g/mol. The van der Waals surface area contributed by atoms with Gasteiger partial charge in [-0.2, -0.15) is 0 Å².